The van der Waals surface area contributed by atoms with Crippen LogP contribution in [-0.4, -0.2) is 71.1 Å². The Kier molecular flexibility index (Phi) is 5.87. The van der Waals surface area contributed by atoms with E-state index in [9.17, 15) is 19.8 Å². The van der Waals surface area contributed by atoms with Crippen LogP contribution >= 0.6 is 0 Å². The first-order valence-electron chi connectivity index (χ1n) is 9.97. The summed E-state index contributed by atoms with van der Waals surface area (Å²) in [6.45, 7) is 4.26. The highest BCUT2D eigenvalue weighted by molar-refractivity contribution is 6.15. The summed E-state index contributed by atoms with van der Waals surface area (Å²) in [5.41, 5.74) is 0.624. The minimum atomic E-state index is -0.750. The number of aliphatic hydroxyl groups excluding tert-OH is 1. The van der Waals surface area contributed by atoms with E-state index in [0.29, 0.717) is 31.7 Å². The van der Waals surface area contributed by atoms with Gasteiger partial charge in [-0.15, -0.1) is 0 Å². The molecule has 30 heavy (non-hydrogen) atoms. The highest BCUT2D eigenvalue weighted by atomic mass is 16.5. The van der Waals surface area contributed by atoms with Crippen molar-refractivity contribution in [3.05, 3.63) is 65.3 Å². The van der Waals surface area contributed by atoms with Crippen molar-refractivity contribution < 1.29 is 29.0 Å². The highest BCUT2D eigenvalue weighted by Gasteiger charge is 2.44. The first-order chi connectivity index (χ1) is 14.6. The molecule has 1 saturated heterocycles. The first kappa shape index (κ1) is 20.2. The quantitative estimate of drug-likeness (QED) is 0.673. The van der Waals surface area contributed by atoms with E-state index in [-0.39, 0.29) is 17.1 Å². The topological polar surface area (TPSA) is 103 Å². The van der Waals surface area contributed by atoms with Gasteiger partial charge in [0, 0.05) is 26.2 Å². The molecule has 158 valence electrons. The van der Waals surface area contributed by atoms with Gasteiger partial charge < -0.3 is 24.3 Å². The number of benzene rings is 1. The molecule has 1 aromatic carbocycles. The summed E-state index contributed by atoms with van der Waals surface area (Å²) in [7, 11) is 0. The van der Waals surface area contributed by atoms with Crippen LogP contribution in [0.1, 0.15) is 28.6 Å². The second kappa shape index (κ2) is 8.73. The van der Waals surface area contributed by atoms with Crippen LogP contribution in [0.15, 0.2) is 58.4 Å². The highest BCUT2D eigenvalue weighted by Crippen LogP contribution is 2.39. The van der Waals surface area contributed by atoms with E-state index in [1.807, 2.05) is 0 Å². The molecule has 1 fully saturated rings. The summed E-state index contributed by atoms with van der Waals surface area (Å²) in [5, 5.41) is 20.2. The molecule has 4 rings (SSSR count). The van der Waals surface area contributed by atoms with Crippen molar-refractivity contribution in [3.8, 4) is 5.75 Å². The molecule has 0 bridgehead atoms. The van der Waals surface area contributed by atoms with Gasteiger partial charge in [-0.3, -0.25) is 14.5 Å². The van der Waals surface area contributed by atoms with Gasteiger partial charge in [0.1, 0.15) is 5.75 Å². The maximum Gasteiger partial charge on any atom is 0.290 e. The lowest BCUT2D eigenvalue weighted by atomic mass is 9.95. The van der Waals surface area contributed by atoms with E-state index in [4.69, 9.17) is 9.15 Å². The van der Waals surface area contributed by atoms with Gasteiger partial charge in [-0.05, 0) is 36.2 Å². The van der Waals surface area contributed by atoms with E-state index in [1.54, 1.807) is 18.2 Å². The SMILES string of the molecule is O=C(C1=C(O)C(=O)N(CCCN2CCOCC2)[C@H]1c1ccc(O)cc1)c1ccco1. The number of nitrogens with zero attached hydrogens (tertiary/aromatic N) is 2. The minimum absolute atomic E-state index is 0.00740. The van der Waals surface area contributed by atoms with Crippen molar-refractivity contribution in [2.45, 2.75) is 12.5 Å². The summed E-state index contributed by atoms with van der Waals surface area (Å²) in [6, 6.07) is 8.62. The van der Waals surface area contributed by atoms with Gasteiger partial charge in [-0.1, -0.05) is 12.1 Å². The Morgan fingerprint density at radius 2 is 1.80 bits per heavy atom. The van der Waals surface area contributed by atoms with Crippen LogP contribution in [0.25, 0.3) is 0 Å². The van der Waals surface area contributed by atoms with Gasteiger partial charge in [0.25, 0.3) is 5.91 Å². The maximum atomic E-state index is 13.0. The number of rotatable bonds is 7. The molecule has 8 nitrogen and oxygen atoms in total. The fourth-order valence-electron chi connectivity index (χ4n) is 3.95. The van der Waals surface area contributed by atoms with Crippen LogP contribution in [0.2, 0.25) is 0 Å². The predicted octanol–water partition coefficient (Wildman–Crippen LogP) is 2.29. The summed E-state index contributed by atoms with van der Waals surface area (Å²) in [5.74, 6) is -1.53. The van der Waals surface area contributed by atoms with Crippen molar-refractivity contribution in [2.24, 2.45) is 0 Å². The molecular formula is C22H24N2O6. The second-order valence-corrected chi connectivity index (χ2v) is 7.37. The lowest BCUT2D eigenvalue weighted by Crippen LogP contribution is -2.39. The average molecular weight is 412 g/mol. The normalized spacial score (nSPS) is 20.2. The van der Waals surface area contributed by atoms with E-state index >= 15 is 0 Å². The Hall–Kier alpha value is -3.10. The van der Waals surface area contributed by atoms with Crippen molar-refractivity contribution in [1.82, 2.24) is 9.80 Å². The zero-order chi connectivity index (χ0) is 21.1. The Labute approximate surface area is 174 Å². The molecule has 0 unspecified atom stereocenters. The summed E-state index contributed by atoms with van der Waals surface area (Å²) in [4.78, 5) is 29.7. The second-order valence-electron chi connectivity index (χ2n) is 7.37. The number of ketones is 1. The number of furan rings is 1. The molecule has 2 aliphatic heterocycles. The molecule has 0 aliphatic carbocycles. The molecule has 1 amide bonds. The number of hydrogen-bond acceptors (Lipinski definition) is 7. The number of ether oxygens (including phenoxy) is 1. The minimum Gasteiger partial charge on any atom is -0.508 e. The van der Waals surface area contributed by atoms with Gasteiger partial charge >= 0.3 is 0 Å². The van der Waals surface area contributed by atoms with Crippen LogP contribution in [0.3, 0.4) is 0 Å². The maximum absolute atomic E-state index is 13.0. The molecule has 1 aromatic heterocycles. The molecule has 0 saturated carbocycles. The fourth-order valence-corrected chi connectivity index (χ4v) is 3.95. The van der Waals surface area contributed by atoms with Crippen molar-refractivity contribution >= 4 is 11.7 Å². The third kappa shape index (κ3) is 3.96. The number of aromatic hydroxyl groups is 1. The zero-order valence-corrected chi connectivity index (χ0v) is 16.5. The Balaban J connectivity index is 1.59. The van der Waals surface area contributed by atoms with Crippen molar-refractivity contribution in [3.63, 3.8) is 0 Å². The van der Waals surface area contributed by atoms with E-state index in [2.05, 4.69) is 4.90 Å². The summed E-state index contributed by atoms with van der Waals surface area (Å²) in [6.07, 6.45) is 2.06. The smallest absolute Gasteiger partial charge is 0.290 e. The Bertz CT molecular complexity index is 929. The third-order valence-corrected chi connectivity index (χ3v) is 5.48. The third-order valence-electron chi connectivity index (χ3n) is 5.48. The van der Waals surface area contributed by atoms with Gasteiger partial charge in [0.05, 0.1) is 31.1 Å². The van der Waals surface area contributed by atoms with Gasteiger partial charge in [0.15, 0.2) is 11.5 Å². The number of phenols is 1. The van der Waals surface area contributed by atoms with Crippen LogP contribution < -0.4 is 0 Å². The average Bonchev–Trinajstić information content (AvgIpc) is 3.38. The number of morpholine rings is 1. The van der Waals surface area contributed by atoms with Crippen molar-refractivity contribution in [2.75, 3.05) is 39.4 Å². The molecule has 3 heterocycles. The molecule has 2 aliphatic rings. The molecule has 2 aromatic rings. The van der Waals surface area contributed by atoms with Crippen LogP contribution in [0.4, 0.5) is 0 Å². The Morgan fingerprint density at radius 3 is 2.47 bits per heavy atom. The number of Topliss-reactive ketones (excluding diaryl/α,β-unsaturated/α-hetero) is 1. The molecule has 0 spiro atoms. The number of carbonyl (C=O) groups excluding carboxylic acids is 2. The number of aliphatic hydroxyl groups is 1. The zero-order valence-electron chi connectivity index (χ0n) is 16.5. The van der Waals surface area contributed by atoms with Crippen LogP contribution in [0.5, 0.6) is 5.75 Å². The lowest BCUT2D eigenvalue weighted by Gasteiger charge is -2.30. The fraction of sp³-hybridized carbons (Fsp3) is 0.364. The van der Waals surface area contributed by atoms with E-state index in [0.717, 1.165) is 19.6 Å². The Morgan fingerprint density at radius 1 is 1.07 bits per heavy atom. The molecule has 0 radical (unpaired) electrons. The van der Waals surface area contributed by atoms with Gasteiger partial charge in [-0.25, -0.2) is 0 Å². The molecule has 8 heteroatoms. The number of carbonyl (C=O) groups is 2. The summed E-state index contributed by atoms with van der Waals surface area (Å²) < 4.78 is 10.6. The van der Waals surface area contributed by atoms with Gasteiger partial charge in [-0.2, -0.15) is 0 Å². The molecule has 2 N–H and O–H groups in total. The van der Waals surface area contributed by atoms with E-state index in [1.165, 1.54) is 29.4 Å². The summed E-state index contributed by atoms with van der Waals surface area (Å²) >= 11 is 0. The van der Waals surface area contributed by atoms with Crippen LogP contribution in [-0.2, 0) is 9.53 Å². The standard InChI is InChI=1S/C22H24N2O6/c25-16-6-4-15(5-7-16)19-18(20(26)17-3-1-12-30-17)21(27)22(28)24(19)9-2-8-23-10-13-29-14-11-23/h1,3-7,12,19,25,27H,2,8-11,13-14H2/t19-/m0/s1. The van der Waals surface area contributed by atoms with E-state index < -0.39 is 23.5 Å². The number of hydrogen-bond donors (Lipinski definition) is 2. The lowest BCUT2D eigenvalue weighted by molar-refractivity contribution is -0.129. The number of phenolic OH excluding ortho intramolecular Hbond substituents is 1. The monoisotopic (exact) mass is 412 g/mol. The first-order valence-corrected chi connectivity index (χ1v) is 9.97. The predicted molar refractivity (Wildman–Crippen MR) is 107 cm³/mol. The van der Waals surface area contributed by atoms with Crippen molar-refractivity contribution in [1.29, 1.82) is 0 Å². The molecule has 1 atom stereocenters. The largest absolute Gasteiger partial charge is 0.508 e. The van der Waals surface area contributed by atoms with Crippen LogP contribution in [0, 0.1) is 0 Å². The molecular weight excluding hydrogens is 388 g/mol. The number of amides is 1. The van der Waals surface area contributed by atoms with Gasteiger partial charge in [0.2, 0.25) is 5.78 Å².